The highest BCUT2D eigenvalue weighted by atomic mass is 35.5. The number of sulfonamides is 1. The fourth-order valence-electron chi connectivity index (χ4n) is 2.89. The second kappa shape index (κ2) is 8.37. The topological polar surface area (TPSA) is 66.5 Å². The van der Waals surface area contributed by atoms with E-state index in [0.29, 0.717) is 34.4 Å². The minimum atomic E-state index is -3.68. The van der Waals surface area contributed by atoms with Gasteiger partial charge in [-0.2, -0.15) is 4.31 Å². The number of nitrogens with one attached hydrogen (secondary N) is 1. The number of benzene rings is 2. The molecule has 1 aliphatic heterocycles. The van der Waals surface area contributed by atoms with Crippen LogP contribution in [0.4, 0.5) is 5.69 Å². The molecule has 0 spiro atoms. The lowest BCUT2D eigenvalue weighted by atomic mass is 10.1. The van der Waals surface area contributed by atoms with Crippen molar-refractivity contribution in [2.24, 2.45) is 0 Å². The zero-order chi connectivity index (χ0) is 19.6. The summed E-state index contributed by atoms with van der Waals surface area (Å²) in [6, 6.07) is 9.38. The minimum absolute atomic E-state index is 0.00148. The molecule has 27 heavy (non-hydrogen) atoms. The molecule has 1 heterocycles. The van der Waals surface area contributed by atoms with Gasteiger partial charge in [-0.05, 0) is 48.7 Å². The molecule has 0 aromatic heterocycles. The van der Waals surface area contributed by atoms with E-state index in [-0.39, 0.29) is 22.2 Å². The Morgan fingerprint density at radius 3 is 2.30 bits per heavy atom. The van der Waals surface area contributed by atoms with Gasteiger partial charge in [0.05, 0.1) is 21.5 Å². The van der Waals surface area contributed by atoms with Crippen LogP contribution in [-0.4, -0.2) is 31.7 Å². The van der Waals surface area contributed by atoms with E-state index < -0.39 is 10.0 Å². The molecule has 2 aromatic rings. The maximum atomic E-state index is 12.8. The number of halogens is 3. The molecule has 0 radical (unpaired) electrons. The van der Waals surface area contributed by atoms with E-state index >= 15 is 0 Å². The monoisotopic (exact) mass is 446 g/mol. The summed E-state index contributed by atoms with van der Waals surface area (Å²) in [4.78, 5) is 12.3. The average Bonchev–Trinajstić information content (AvgIpc) is 3.15. The molecule has 0 saturated carbocycles. The highest BCUT2D eigenvalue weighted by molar-refractivity contribution is 7.89. The van der Waals surface area contributed by atoms with Crippen LogP contribution in [0.25, 0.3) is 0 Å². The Morgan fingerprint density at radius 2 is 1.63 bits per heavy atom. The van der Waals surface area contributed by atoms with Crippen molar-refractivity contribution in [2.75, 3.05) is 18.4 Å². The SMILES string of the molecule is O=C(Cc1ccc(Cl)c(Cl)c1)Nc1ccc(Cl)c(S(=O)(=O)N2CCCC2)c1. The molecule has 5 nitrogen and oxygen atoms in total. The molecule has 3 rings (SSSR count). The van der Waals surface area contributed by atoms with E-state index in [4.69, 9.17) is 34.8 Å². The van der Waals surface area contributed by atoms with E-state index in [1.165, 1.54) is 16.4 Å². The Hall–Kier alpha value is -1.31. The molecule has 0 bridgehead atoms. The zero-order valence-electron chi connectivity index (χ0n) is 14.2. The number of carbonyl (C=O) groups is 1. The van der Waals surface area contributed by atoms with Gasteiger partial charge in [0.2, 0.25) is 15.9 Å². The third-order valence-electron chi connectivity index (χ3n) is 4.25. The number of rotatable bonds is 5. The first kappa shape index (κ1) is 20.4. The molecule has 1 aliphatic rings. The van der Waals surface area contributed by atoms with Crippen LogP contribution in [0.3, 0.4) is 0 Å². The molecule has 0 atom stereocenters. The normalized spacial score (nSPS) is 15.1. The van der Waals surface area contributed by atoms with Crippen molar-refractivity contribution < 1.29 is 13.2 Å². The van der Waals surface area contributed by atoms with E-state index in [1.807, 2.05) is 0 Å². The van der Waals surface area contributed by atoms with E-state index in [0.717, 1.165) is 12.8 Å². The van der Waals surface area contributed by atoms with Crippen LogP contribution in [0, 0.1) is 0 Å². The molecule has 1 saturated heterocycles. The first-order chi connectivity index (χ1) is 12.8. The maximum absolute atomic E-state index is 12.8. The Labute approximate surface area is 173 Å². The van der Waals surface area contributed by atoms with Crippen molar-refractivity contribution >= 4 is 56.4 Å². The highest BCUT2D eigenvalue weighted by Crippen LogP contribution is 2.30. The lowest BCUT2D eigenvalue weighted by Crippen LogP contribution is -2.28. The molecule has 1 amide bonds. The summed E-state index contributed by atoms with van der Waals surface area (Å²) in [6.07, 6.45) is 1.74. The molecule has 0 unspecified atom stereocenters. The average molecular weight is 448 g/mol. The van der Waals surface area contributed by atoms with Crippen LogP contribution in [0.2, 0.25) is 15.1 Å². The summed E-state index contributed by atoms with van der Waals surface area (Å²) in [5.74, 6) is -0.305. The second-order valence-electron chi connectivity index (χ2n) is 6.23. The first-order valence-electron chi connectivity index (χ1n) is 8.31. The Kier molecular flexibility index (Phi) is 6.33. The summed E-state index contributed by atoms with van der Waals surface area (Å²) >= 11 is 17.9. The lowest BCUT2D eigenvalue weighted by molar-refractivity contribution is -0.115. The highest BCUT2D eigenvalue weighted by Gasteiger charge is 2.29. The van der Waals surface area contributed by atoms with Crippen LogP contribution in [0.1, 0.15) is 18.4 Å². The van der Waals surface area contributed by atoms with Gasteiger partial charge in [0.1, 0.15) is 4.90 Å². The molecule has 0 aliphatic carbocycles. The molecule has 2 aromatic carbocycles. The van der Waals surface area contributed by atoms with Gasteiger partial charge in [-0.25, -0.2) is 8.42 Å². The summed E-state index contributed by atoms with van der Waals surface area (Å²) in [7, 11) is -3.68. The number of anilines is 1. The summed E-state index contributed by atoms with van der Waals surface area (Å²) in [5.41, 5.74) is 1.06. The van der Waals surface area contributed by atoms with Gasteiger partial charge >= 0.3 is 0 Å². The molecule has 1 N–H and O–H groups in total. The number of hydrogen-bond donors (Lipinski definition) is 1. The standard InChI is InChI=1S/C18H17Cl3N2O3S/c19-14-5-3-12(9-16(14)21)10-18(24)22-13-4-6-15(20)17(11-13)27(25,26)23-7-1-2-8-23/h3-6,9,11H,1-2,7-8,10H2,(H,22,24). The van der Waals surface area contributed by atoms with Crippen molar-refractivity contribution in [3.63, 3.8) is 0 Å². The van der Waals surface area contributed by atoms with Gasteiger partial charge in [0.25, 0.3) is 0 Å². The second-order valence-corrected chi connectivity index (χ2v) is 9.36. The van der Waals surface area contributed by atoms with Crippen LogP contribution in [0.5, 0.6) is 0 Å². The largest absolute Gasteiger partial charge is 0.326 e. The van der Waals surface area contributed by atoms with Crippen molar-refractivity contribution in [2.45, 2.75) is 24.2 Å². The van der Waals surface area contributed by atoms with Gasteiger partial charge in [-0.15, -0.1) is 0 Å². The van der Waals surface area contributed by atoms with Gasteiger partial charge in [-0.1, -0.05) is 40.9 Å². The molecule has 9 heteroatoms. The Morgan fingerprint density at radius 1 is 0.963 bits per heavy atom. The summed E-state index contributed by atoms with van der Waals surface area (Å²) in [6.45, 7) is 0.957. The quantitative estimate of drug-likeness (QED) is 0.727. The Balaban J connectivity index is 1.77. The molecular formula is C18H17Cl3N2O3S. The number of amides is 1. The van der Waals surface area contributed by atoms with Crippen LogP contribution < -0.4 is 5.32 Å². The summed E-state index contributed by atoms with van der Waals surface area (Å²) in [5, 5.41) is 3.61. The maximum Gasteiger partial charge on any atom is 0.244 e. The van der Waals surface area contributed by atoms with E-state index in [9.17, 15) is 13.2 Å². The fraction of sp³-hybridized carbons (Fsp3) is 0.278. The third kappa shape index (κ3) is 4.76. The van der Waals surface area contributed by atoms with E-state index in [2.05, 4.69) is 5.32 Å². The molecular weight excluding hydrogens is 431 g/mol. The smallest absolute Gasteiger partial charge is 0.244 e. The van der Waals surface area contributed by atoms with Gasteiger partial charge < -0.3 is 5.32 Å². The van der Waals surface area contributed by atoms with Gasteiger partial charge in [0.15, 0.2) is 0 Å². The molecule has 144 valence electrons. The predicted molar refractivity (Wildman–Crippen MR) is 108 cm³/mol. The van der Waals surface area contributed by atoms with Crippen molar-refractivity contribution in [3.8, 4) is 0 Å². The van der Waals surface area contributed by atoms with Crippen LogP contribution in [0.15, 0.2) is 41.3 Å². The predicted octanol–water partition coefficient (Wildman–Crippen LogP) is 4.61. The van der Waals surface area contributed by atoms with Crippen molar-refractivity contribution in [3.05, 3.63) is 57.0 Å². The van der Waals surface area contributed by atoms with Gasteiger partial charge in [-0.3, -0.25) is 4.79 Å². The van der Waals surface area contributed by atoms with Gasteiger partial charge in [0, 0.05) is 18.8 Å². The molecule has 1 fully saturated rings. The zero-order valence-corrected chi connectivity index (χ0v) is 17.3. The number of nitrogens with zero attached hydrogens (tertiary/aromatic N) is 1. The fourth-order valence-corrected chi connectivity index (χ4v) is 5.22. The first-order valence-corrected chi connectivity index (χ1v) is 10.9. The minimum Gasteiger partial charge on any atom is -0.326 e. The Bertz CT molecular complexity index is 974. The van der Waals surface area contributed by atoms with E-state index in [1.54, 1.807) is 24.3 Å². The van der Waals surface area contributed by atoms with Crippen LogP contribution >= 0.6 is 34.8 Å². The number of carbonyl (C=O) groups excluding carboxylic acids is 1. The lowest BCUT2D eigenvalue weighted by Gasteiger charge is -2.17. The number of hydrogen-bond acceptors (Lipinski definition) is 3. The third-order valence-corrected chi connectivity index (χ3v) is 7.37. The van der Waals surface area contributed by atoms with Crippen molar-refractivity contribution in [1.82, 2.24) is 4.31 Å². The summed E-state index contributed by atoms with van der Waals surface area (Å²) < 4.78 is 26.9. The van der Waals surface area contributed by atoms with Crippen LogP contribution in [-0.2, 0) is 21.2 Å². The van der Waals surface area contributed by atoms with Crippen molar-refractivity contribution in [1.29, 1.82) is 0 Å².